The number of halogens is 1. The number of nitrogen functional groups attached to an aromatic ring is 1. The number of nitrogens with zero attached hydrogens (tertiary/aromatic N) is 3. The molecule has 0 atom stereocenters. The summed E-state index contributed by atoms with van der Waals surface area (Å²) in [5.74, 6) is 0.716. The molecule has 0 saturated carbocycles. The van der Waals surface area contributed by atoms with Gasteiger partial charge < -0.3 is 10.6 Å². The van der Waals surface area contributed by atoms with Crippen LogP contribution in [0.2, 0.25) is 5.15 Å². The number of Topliss-reactive ketones (excluding diaryl/α,β-unsaturated/α-hetero) is 1. The van der Waals surface area contributed by atoms with Crippen LogP contribution < -0.4 is 5.73 Å². The van der Waals surface area contributed by atoms with Crippen LogP contribution in [0.1, 0.15) is 43.3 Å². The van der Waals surface area contributed by atoms with E-state index in [2.05, 4.69) is 22.1 Å². The van der Waals surface area contributed by atoms with Gasteiger partial charge in [0.25, 0.3) is 5.91 Å². The molecule has 1 aliphatic rings. The number of ketones is 1. The zero-order valence-corrected chi connectivity index (χ0v) is 20.6. The molecule has 3 heterocycles. The van der Waals surface area contributed by atoms with Crippen LogP contribution in [0, 0.1) is 6.92 Å². The maximum atomic E-state index is 13.1. The maximum Gasteiger partial charge on any atom is 0.253 e. The largest absolute Gasteiger partial charge is 0.383 e. The second-order valence-corrected chi connectivity index (χ2v) is 9.46. The summed E-state index contributed by atoms with van der Waals surface area (Å²) >= 11 is 5.82. The minimum Gasteiger partial charge on any atom is -0.383 e. The highest BCUT2D eigenvalue weighted by atomic mass is 35.5. The van der Waals surface area contributed by atoms with Gasteiger partial charge in [0.15, 0.2) is 5.78 Å². The number of hydrogen-bond donors (Lipinski definition) is 1. The van der Waals surface area contributed by atoms with Gasteiger partial charge in [-0.3, -0.25) is 9.59 Å². The van der Waals surface area contributed by atoms with E-state index in [0.717, 1.165) is 22.3 Å². The van der Waals surface area contributed by atoms with Gasteiger partial charge >= 0.3 is 0 Å². The van der Waals surface area contributed by atoms with E-state index < -0.39 is 0 Å². The number of anilines is 1. The first kappa shape index (κ1) is 23.7. The van der Waals surface area contributed by atoms with Gasteiger partial charge in [-0.2, -0.15) is 0 Å². The van der Waals surface area contributed by atoms with Crippen molar-refractivity contribution in [1.29, 1.82) is 0 Å². The summed E-state index contributed by atoms with van der Waals surface area (Å²) < 4.78 is 0. The molecule has 0 spiro atoms. The van der Waals surface area contributed by atoms with Crippen molar-refractivity contribution in [1.82, 2.24) is 14.9 Å². The molecule has 0 radical (unpaired) electrons. The van der Waals surface area contributed by atoms with Crippen LogP contribution in [0.5, 0.6) is 0 Å². The van der Waals surface area contributed by atoms with Gasteiger partial charge in [-0.25, -0.2) is 9.97 Å². The Morgan fingerprint density at radius 1 is 1.00 bits per heavy atom. The first-order valence-corrected chi connectivity index (χ1v) is 12.1. The van der Waals surface area contributed by atoms with Crippen LogP contribution in [0.4, 0.5) is 5.82 Å². The molecule has 2 N–H and O–H groups in total. The van der Waals surface area contributed by atoms with Gasteiger partial charge in [-0.05, 0) is 65.6 Å². The zero-order chi connectivity index (χ0) is 25.2. The van der Waals surface area contributed by atoms with Gasteiger partial charge in [0.1, 0.15) is 11.0 Å². The van der Waals surface area contributed by atoms with Gasteiger partial charge in [-0.1, -0.05) is 41.9 Å². The molecule has 36 heavy (non-hydrogen) atoms. The van der Waals surface area contributed by atoms with E-state index in [4.69, 9.17) is 17.3 Å². The third kappa shape index (κ3) is 4.86. The fraction of sp³-hybridized carbons (Fsp3) is 0.172. The lowest BCUT2D eigenvalue weighted by atomic mass is 9.89. The van der Waals surface area contributed by atoms with Gasteiger partial charge in [0, 0.05) is 54.5 Å². The molecular weight excluding hydrogens is 472 g/mol. The molecule has 0 unspecified atom stereocenters. The topological polar surface area (TPSA) is 89.2 Å². The highest BCUT2D eigenvalue weighted by Gasteiger charge is 2.32. The average Bonchev–Trinajstić information content (AvgIpc) is 2.85. The fourth-order valence-corrected chi connectivity index (χ4v) is 4.56. The quantitative estimate of drug-likeness (QED) is 0.287. The molecule has 1 aliphatic heterocycles. The normalized spacial score (nSPS) is 13.3. The summed E-state index contributed by atoms with van der Waals surface area (Å²) in [6.07, 6.45) is 3.36. The number of benzene rings is 2. The standard InChI is InChI=1S/C29H25ClN4O2/c1-18-4-5-21(13-23(18)14-26(35)22-10-11-27(30)33-15-22)29(36)34-16-24(17-34)19-6-8-20(9-7-19)25-3-2-12-32-28(25)31/h2-13,15,24H,14,16-17H2,1H3,(H2,31,32). The lowest BCUT2D eigenvalue weighted by Gasteiger charge is -2.39. The second kappa shape index (κ2) is 9.91. The Labute approximate surface area is 214 Å². The summed E-state index contributed by atoms with van der Waals surface area (Å²) in [6.45, 7) is 3.26. The first-order valence-electron chi connectivity index (χ1n) is 11.7. The van der Waals surface area contributed by atoms with E-state index in [1.165, 1.54) is 11.8 Å². The summed E-state index contributed by atoms with van der Waals surface area (Å²) in [7, 11) is 0. The van der Waals surface area contributed by atoms with Crippen molar-refractivity contribution in [2.75, 3.05) is 18.8 Å². The summed E-state index contributed by atoms with van der Waals surface area (Å²) in [6, 6.07) is 20.9. The van der Waals surface area contributed by atoms with Crippen molar-refractivity contribution in [2.24, 2.45) is 0 Å². The number of aromatic nitrogens is 2. The Bertz CT molecular complexity index is 1430. The lowest BCUT2D eigenvalue weighted by molar-refractivity contribution is 0.0602. The molecular formula is C29H25ClN4O2. The molecule has 0 aliphatic carbocycles. The molecule has 4 aromatic rings. The predicted octanol–water partition coefficient (Wildman–Crippen LogP) is 5.35. The maximum absolute atomic E-state index is 13.1. The number of pyridine rings is 2. The number of nitrogens with two attached hydrogens (primary N) is 1. The smallest absolute Gasteiger partial charge is 0.253 e. The second-order valence-electron chi connectivity index (χ2n) is 9.08. The SMILES string of the molecule is Cc1ccc(C(=O)N2CC(c3ccc(-c4cccnc4N)cc3)C2)cc1CC(=O)c1ccc(Cl)nc1. The Morgan fingerprint density at radius 2 is 1.75 bits per heavy atom. The van der Waals surface area contributed by atoms with E-state index >= 15 is 0 Å². The molecule has 2 aromatic heterocycles. The molecule has 1 saturated heterocycles. The van der Waals surface area contributed by atoms with Gasteiger partial charge in [0.2, 0.25) is 0 Å². The molecule has 180 valence electrons. The monoisotopic (exact) mass is 496 g/mol. The highest BCUT2D eigenvalue weighted by molar-refractivity contribution is 6.29. The summed E-state index contributed by atoms with van der Waals surface area (Å²) in [4.78, 5) is 35.8. The van der Waals surface area contributed by atoms with Crippen LogP contribution in [0.3, 0.4) is 0 Å². The van der Waals surface area contributed by atoms with E-state index in [1.54, 1.807) is 18.3 Å². The third-order valence-corrected chi connectivity index (χ3v) is 6.92. The average molecular weight is 497 g/mol. The molecule has 2 aromatic carbocycles. The van der Waals surface area contributed by atoms with Crippen LogP contribution in [-0.4, -0.2) is 39.6 Å². The van der Waals surface area contributed by atoms with E-state index in [1.807, 2.05) is 54.3 Å². The van der Waals surface area contributed by atoms with Crippen molar-refractivity contribution in [3.63, 3.8) is 0 Å². The summed E-state index contributed by atoms with van der Waals surface area (Å²) in [5, 5.41) is 0.345. The molecule has 5 rings (SSSR count). The van der Waals surface area contributed by atoms with E-state index in [-0.39, 0.29) is 24.0 Å². The van der Waals surface area contributed by atoms with Crippen molar-refractivity contribution in [3.8, 4) is 11.1 Å². The number of likely N-dealkylation sites (tertiary alicyclic amines) is 1. The zero-order valence-electron chi connectivity index (χ0n) is 19.8. The minimum atomic E-state index is -0.0626. The Hall–Kier alpha value is -4.03. The van der Waals surface area contributed by atoms with Crippen molar-refractivity contribution in [2.45, 2.75) is 19.3 Å². The molecule has 1 fully saturated rings. The van der Waals surface area contributed by atoms with Crippen molar-refractivity contribution < 1.29 is 9.59 Å². The number of carbonyl (C=O) groups is 2. The molecule has 7 heteroatoms. The van der Waals surface area contributed by atoms with Crippen molar-refractivity contribution >= 4 is 29.1 Å². The molecule has 0 bridgehead atoms. The van der Waals surface area contributed by atoms with Crippen LogP contribution in [0.25, 0.3) is 11.1 Å². The molecule has 1 amide bonds. The minimum absolute atomic E-state index is 0.0205. The predicted molar refractivity (Wildman–Crippen MR) is 141 cm³/mol. The number of aryl methyl sites for hydroxylation is 1. The number of carbonyl (C=O) groups excluding carboxylic acids is 2. The number of amides is 1. The molecule has 6 nitrogen and oxygen atoms in total. The summed E-state index contributed by atoms with van der Waals surface area (Å²) in [5.41, 5.74) is 12.0. The number of hydrogen-bond acceptors (Lipinski definition) is 5. The number of rotatable bonds is 6. The van der Waals surface area contributed by atoms with E-state index in [9.17, 15) is 9.59 Å². The Kier molecular flexibility index (Phi) is 6.53. The fourth-order valence-electron chi connectivity index (χ4n) is 4.45. The van der Waals surface area contributed by atoms with Gasteiger partial charge in [0.05, 0.1) is 0 Å². The Balaban J connectivity index is 1.23. The third-order valence-electron chi connectivity index (χ3n) is 6.70. The lowest BCUT2D eigenvalue weighted by Crippen LogP contribution is -2.48. The van der Waals surface area contributed by atoms with Gasteiger partial charge in [-0.15, -0.1) is 0 Å². The van der Waals surface area contributed by atoms with Crippen LogP contribution >= 0.6 is 11.6 Å². The van der Waals surface area contributed by atoms with Crippen LogP contribution in [0.15, 0.2) is 79.1 Å². The van der Waals surface area contributed by atoms with Crippen LogP contribution in [-0.2, 0) is 6.42 Å². The Morgan fingerprint density at radius 3 is 2.44 bits per heavy atom. The highest BCUT2D eigenvalue weighted by Crippen LogP contribution is 2.31. The van der Waals surface area contributed by atoms with E-state index in [0.29, 0.717) is 35.2 Å². The first-order chi connectivity index (χ1) is 17.4. The van der Waals surface area contributed by atoms with Crippen molar-refractivity contribution in [3.05, 3.63) is 112 Å².